The molecule has 29 heavy (non-hydrogen) atoms. The molecule has 0 saturated heterocycles. The fourth-order valence-corrected chi connectivity index (χ4v) is 3.37. The lowest BCUT2D eigenvalue weighted by Crippen LogP contribution is -2.07. The van der Waals surface area contributed by atoms with Gasteiger partial charge in [-0.05, 0) is 18.6 Å². The molecular formula is C26H47NO2. The number of rotatable bonds is 17. The number of hydrogen-bond donors (Lipinski definition) is 1. The first-order valence-electron chi connectivity index (χ1n) is 12.0. The van der Waals surface area contributed by atoms with E-state index < -0.39 is 5.97 Å². The van der Waals surface area contributed by atoms with E-state index in [-0.39, 0.29) is 0 Å². The van der Waals surface area contributed by atoms with Crippen molar-refractivity contribution in [2.45, 2.75) is 110 Å². The molecule has 0 aliphatic heterocycles. The van der Waals surface area contributed by atoms with Gasteiger partial charge in [0.15, 0.2) is 0 Å². The number of para-hydroxylation sites is 1. The second-order valence-electron chi connectivity index (χ2n) is 8.32. The largest absolute Gasteiger partial charge is 0.481 e. The monoisotopic (exact) mass is 405 g/mol. The van der Waals surface area contributed by atoms with Crippen LogP contribution in [0.1, 0.15) is 110 Å². The molecule has 1 N–H and O–H groups in total. The molecule has 0 amide bonds. The second kappa shape index (κ2) is 21.2. The summed E-state index contributed by atoms with van der Waals surface area (Å²) in [7, 11) is 4.07. The Hall–Kier alpha value is -1.51. The SMILES string of the molecule is CCCCCCCCCCCCCCCCCC(=O)O.CN(C)c1ccccc1. The quantitative estimate of drug-likeness (QED) is 0.266. The van der Waals surface area contributed by atoms with Gasteiger partial charge in [-0.2, -0.15) is 0 Å². The van der Waals surface area contributed by atoms with Crippen molar-refractivity contribution < 1.29 is 9.90 Å². The maximum absolute atomic E-state index is 10.3. The van der Waals surface area contributed by atoms with Gasteiger partial charge in [0.25, 0.3) is 0 Å². The molecule has 0 atom stereocenters. The van der Waals surface area contributed by atoms with Crippen LogP contribution in [0.25, 0.3) is 0 Å². The first-order valence-corrected chi connectivity index (χ1v) is 12.0. The highest BCUT2D eigenvalue weighted by Crippen LogP contribution is 2.13. The molecule has 0 bridgehead atoms. The van der Waals surface area contributed by atoms with E-state index in [4.69, 9.17) is 5.11 Å². The highest BCUT2D eigenvalue weighted by Gasteiger charge is 1.97. The van der Waals surface area contributed by atoms with Crippen LogP contribution in [0.15, 0.2) is 30.3 Å². The van der Waals surface area contributed by atoms with Crippen LogP contribution in [-0.4, -0.2) is 25.2 Å². The van der Waals surface area contributed by atoms with E-state index in [9.17, 15) is 4.79 Å². The molecular weight excluding hydrogens is 358 g/mol. The van der Waals surface area contributed by atoms with E-state index >= 15 is 0 Å². The molecule has 3 nitrogen and oxygen atoms in total. The number of unbranched alkanes of at least 4 members (excludes halogenated alkanes) is 14. The van der Waals surface area contributed by atoms with Crippen molar-refractivity contribution in [3.8, 4) is 0 Å². The molecule has 0 unspecified atom stereocenters. The third-order valence-electron chi connectivity index (χ3n) is 5.27. The van der Waals surface area contributed by atoms with Gasteiger partial charge in [-0.15, -0.1) is 0 Å². The maximum Gasteiger partial charge on any atom is 0.303 e. The first kappa shape index (κ1) is 27.5. The molecule has 1 aromatic rings. The van der Waals surface area contributed by atoms with Gasteiger partial charge in [0, 0.05) is 26.2 Å². The molecule has 3 heteroatoms. The molecule has 0 aliphatic carbocycles. The van der Waals surface area contributed by atoms with Crippen molar-refractivity contribution in [1.82, 2.24) is 0 Å². The number of hydrogen-bond acceptors (Lipinski definition) is 2. The Bertz CT molecular complexity index is 459. The predicted molar refractivity (Wildman–Crippen MR) is 128 cm³/mol. The minimum atomic E-state index is -0.653. The minimum Gasteiger partial charge on any atom is -0.481 e. The predicted octanol–water partition coefficient (Wildman–Crippen LogP) is 8.09. The third-order valence-corrected chi connectivity index (χ3v) is 5.27. The summed E-state index contributed by atoms with van der Waals surface area (Å²) in [6.07, 6.45) is 20.2. The summed E-state index contributed by atoms with van der Waals surface area (Å²) < 4.78 is 0. The van der Waals surface area contributed by atoms with Crippen LogP contribution < -0.4 is 4.90 Å². The molecule has 0 aliphatic rings. The molecule has 0 radical (unpaired) electrons. The normalized spacial score (nSPS) is 10.3. The minimum absolute atomic E-state index is 0.345. The van der Waals surface area contributed by atoms with Crippen LogP contribution in [0, 0.1) is 0 Å². The Morgan fingerprint density at radius 2 is 1.07 bits per heavy atom. The summed E-state index contributed by atoms with van der Waals surface area (Å²) in [6, 6.07) is 10.3. The van der Waals surface area contributed by atoms with Gasteiger partial charge in [0.1, 0.15) is 0 Å². The lowest BCUT2D eigenvalue weighted by molar-refractivity contribution is -0.137. The van der Waals surface area contributed by atoms with Crippen molar-refractivity contribution in [2.75, 3.05) is 19.0 Å². The zero-order chi connectivity index (χ0) is 21.6. The lowest BCUT2D eigenvalue weighted by atomic mass is 10.0. The van der Waals surface area contributed by atoms with E-state index in [1.165, 1.54) is 89.2 Å². The van der Waals surface area contributed by atoms with Gasteiger partial charge in [-0.3, -0.25) is 4.79 Å². The molecule has 1 rings (SSSR count). The summed E-state index contributed by atoms with van der Waals surface area (Å²) in [5, 5.41) is 8.52. The number of nitrogens with zero attached hydrogens (tertiary/aromatic N) is 1. The second-order valence-corrected chi connectivity index (χ2v) is 8.32. The highest BCUT2D eigenvalue weighted by atomic mass is 16.4. The van der Waals surface area contributed by atoms with Crippen LogP contribution in [-0.2, 0) is 4.79 Å². The number of carbonyl (C=O) groups is 1. The number of aliphatic carboxylic acids is 1. The fourth-order valence-electron chi connectivity index (χ4n) is 3.37. The van der Waals surface area contributed by atoms with Gasteiger partial charge in [-0.1, -0.05) is 115 Å². The fraction of sp³-hybridized carbons (Fsp3) is 0.731. The van der Waals surface area contributed by atoms with Crippen LogP contribution in [0.2, 0.25) is 0 Å². The lowest BCUT2D eigenvalue weighted by Gasteiger charge is -2.10. The van der Waals surface area contributed by atoms with Crippen LogP contribution in [0.4, 0.5) is 5.69 Å². The average molecular weight is 406 g/mol. The Balaban J connectivity index is 0.000000717. The highest BCUT2D eigenvalue weighted by molar-refractivity contribution is 5.66. The van der Waals surface area contributed by atoms with Crippen molar-refractivity contribution in [2.24, 2.45) is 0 Å². The van der Waals surface area contributed by atoms with E-state index in [0.717, 1.165) is 12.8 Å². The molecule has 0 heterocycles. The van der Waals surface area contributed by atoms with Crippen LogP contribution in [0.3, 0.4) is 0 Å². The molecule has 0 aromatic heterocycles. The molecule has 0 fully saturated rings. The van der Waals surface area contributed by atoms with Crippen LogP contribution >= 0.6 is 0 Å². The van der Waals surface area contributed by atoms with Gasteiger partial charge >= 0.3 is 5.97 Å². The smallest absolute Gasteiger partial charge is 0.303 e. The van der Waals surface area contributed by atoms with Gasteiger partial charge in [0.2, 0.25) is 0 Å². The van der Waals surface area contributed by atoms with E-state index in [1.54, 1.807) is 0 Å². The Labute approximate surface area is 180 Å². The summed E-state index contributed by atoms with van der Waals surface area (Å²) in [5.41, 5.74) is 1.25. The van der Waals surface area contributed by atoms with Crippen molar-refractivity contribution in [1.29, 1.82) is 0 Å². The molecule has 1 aromatic carbocycles. The molecule has 0 saturated carbocycles. The third kappa shape index (κ3) is 21.0. The van der Waals surface area contributed by atoms with Gasteiger partial charge in [0.05, 0.1) is 0 Å². The molecule has 168 valence electrons. The Kier molecular flexibility index (Phi) is 20.1. The van der Waals surface area contributed by atoms with Crippen molar-refractivity contribution in [3.05, 3.63) is 30.3 Å². The van der Waals surface area contributed by atoms with E-state index in [2.05, 4.69) is 24.0 Å². The zero-order valence-electron chi connectivity index (χ0n) is 19.5. The zero-order valence-corrected chi connectivity index (χ0v) is 19.5. The standard InChI is InChI=1S/C18H36O2.C8H11N/c1-2-3-4-5-6-7-8-9-10-11-12-13-14-15-16-17-18(19)20;1-9(2)8-6-4-3-5-7-8/h2-17H2,1H3,(H,19,20);3-7H,1-2H3. The average Bonchev–Trinajstić information content (AvgIpc) is 2.72. The van der Waals surface area contributed by atoms with E-state index in [1.807, 2.05) is 32.3 Å². The maximum atomic E-state index is 10.3. The Morgan fingerprint density at radius 1 is 0.690 bits per heavy atom. The number of benzene rings is 1. The number of carboxylic acids is 1. The van der Waals surface area contributed by atoms with Crippen molar-refractivity contribution >= 4 is 11.7 Å². The number of carboxylic acid groups (broad SMARTS) is 1. The summed E-state index contributed by atoms with van der Waals surface area (Å²) in [6.45, 7) is 2.27. The van der Waals surface area contributed by atoms with Gasteiger partial charge in [-0.25, -0.2) is 0 Å². The number of anilines is 1. The summed E-state index contributed by atoms with van der Waals surface area (Å²) in [4.78, 5) is 12.4. The summed E-state index contributed by atoms with van der Waals surface area (Å²) >= 11 is 0. The topological polar surface area (TPSA) is 40.5 Å². The Morgan fingerprint density at radius 3 is 1.38 bits per heavy atom. The summed E-state index contributed by atoms with van der Waals surface area (Å²) in [5.74, 6) is -0.653. The first-order chi connectivity index (χ1) is 14.1. The molecule has 0 spiro atoms. The van der Waals surface area contributed by atoms with E-state index in [0.29, 0.717) is 6.42 Å². The van der Waals surface area contributed by atoms with Gasteiger partial charge < -0.3 is 10.0 Å². The van der Waals surface area contributed by atoms with Crippen LogP contribution in [0.5, 0.6) is 0 Å². The van der Waals surface area contributed by atoms with Crippen molar-refractivity contribution in [3.63, 3.8) is 0 Å².